The van der Waals surface area contributed by atoms with Crippen LogP contribution in [0.25, 0.3) is 0 Å². The molecule has 0 atom stereocenters. The highest BCUT2D eigenvalue weighted by atomic mass is 32.1. The molecule has 0 bridgehead atoms. The summed E-state index contributed by atoms with van der Waals surface area (Å²) in [5, 5.41) is 0. The first-order valence-corrected chi connectivity index (χ1v) is 6.31. The van der Waals surface area contributed by atoms with Gasteiger partial charge in [-0.1, -0.05) is 45.3 Å². The summed E-state index contributed by atoms with van der Waals surface area (Å²) >= 11 is 5.00. The molecule has 2 nitrogen and oxygen atoms in total. The number of rotatable bonds is 7. The van der Waals surface area contributed by atoms with Crippen LogP contribution in [0.15, 0.2) is 0 Å². The van der Waals surface area contributed by atoms with Crippen molar-refractivity contribution in [1.82, 2.24) is 0 Å². The molecule has 0 aromatic heterocycles. The molecule has 0 aromatic carbocycles. The molecular formula is C12H23NOS. The van der Waals surface area contributed by atoms with Crippen LogP contribution in [0.3, 0.4) is 0 Å². The van der Waals surface area contributed by atoms with Gasteiger partial charge in [0, 0.05) is 18.6 Å². The molecule has 1 rings (SSSR count). The molecule has 1 aliphatic rings. The van der Waals surface area contributed by atoms with Crippen LogP contribution in [-0.2, 0) is 4.74 Å². The Morgan fingerprint density at radius 2 is 2.07 bits per heavy atom. The zero-order chi connectivity index (χ0) is 11.3. The third kappa shape index (κ3) is 4.47. The van der Waals surface area contributed by atoms with Crippen LogP contribution in [0.5, 0.6) is 0 Å². The second-order valence-corrected chi connectivity index (χ2v) is 5.64. The van der Waals surface area contributed by atoms with E-state index in [1.165, 1.54) is 25.7 Å². The molecule has 15 heavy (non-hydrogen) atoms. The van der Waals surface area contributed by atoms with Gasteiger partial charge in [0.15, 0.2) is 0 Å². The second kappa shape index (κ2) is 5.80. The van der Waals surface area contributed by atoms with E-state index in [-0.39, 0.29) is 5.41 Å². The lowest BCUT2D eigenvalue weighted by Crippen LogP contribution is -2.31. The molecule has 0 amide bonds. The van der Waals surface area contributed by atoms with Crippen LogP contribution < -0.4 is 5.73 Å². The minimum Gasteiger partial charge on any atom is -0.393 e. The van der Waals surface area contributed by atoms with Crippen molar-refractivity contribution >= 4 is 17.2 Å². The van der Waals surface area contributed by atoms with Crippen molar-refractivity contribution in [2.24, 2.45) is 17.1 Å². The number of hydrogen-bond acceptors (Lipinski definition) is 2. The number of nitrogens with two attached hydrogens (primary N) is 1. The van der Waals surface area contributed by atoms with E-state index in [1.807, 2.05) is 0 Å². The van der Waals surface area contributed by atoms with E-state index in [0.29, 0.717) is 4.99 Å². The van der Waals surface area contributed by atoms with Gasteiger partial charge in [0.05, 0.1) is 4.99 Å². The average Bonchev–Trinajstić information content (AvgIpc) is 2.07. The summed E-state index contributed by atoms with van der Waals surface area (Å²) in [4.78, 5) is 0.588. The van der Waals surface area contributed by atoms with Gasteiger partial charge in [-0.05, 0) is 18.8 Å². The fourth-order valence-electron chi connectivity index (χ4n) is 1.58. The van der Waals surface area contributed by atoms with Gasteiger partial charge in [0.25, 0.3) is 0 Å². The minimum absolute atomic E-state index is 0.0637. The van der Waals surface area contributed by atoms with E-state index in [9.17, 15) is 0 Å². The monoisotopic (exact) mass is 229 g/mol. The Balaban J connectivity index is 1.98. The van der Waals surface area contributed by atoms with E-state index in [2.05, 4.69) is 13.8 Å². The van der Waals surface area contributed by atoms with Gasteiger partial charge in [-0.15, -0.1) is 0 Å². The fraction of sp³-hybridized carbons (Fsp3) is 0.917. The van der Waals surface area contributed by atoms with E-state index in [0.717, 1.165) is 25.6 Å². The van der Waals surface area contributed by atoms with Crippen molar-refractivity contribution in [1.29, 1.82) is 0 Å². The van der Waals surface area contributed by atoms with Crippen molar-refractivity contribution < 1.29 is 4.74 Å². The molecule has 2 N–H and O–H groups in total. The van der Waals surface area contributed by atoms with Crippen molar-refractivity contribution in [3.63, 3.8) is 0 Å². The summed E-state index contributed by atoms with van der Waals surface area (Å²) in [5.41, 5.74) is 5.58. The minimum atomic E-state index is -0.0637. The molecule has 0 heterocycles. The highest BCUT2D eigenvalue weighted by Gasteiger charge is 2.21. The summed E-state index contributed by atoms with van der Waals surface area (Å²) in [5.74, 6) is 0.939. The van der Waals surface area contributed by atoms with Crippen molar-refractivity contribution in [3.8, 4) is 0 Å². The van der Waals surface area contributed by atoms with Crippen molar-refractivity contribution in [2.75, 3.05) is 13.2 Å². The summed E-state index contributed by atoms with van der Waals surface area (Å²) in [6.45, 7) is 5.82. The molecule has 1 saturated carbocycles. The van der Waals surface area contributed by atoms with E-state index < -0.39 is 0 Å². The molecule has 0 spiro atoms. The largest absolute Gasteiger partial charge is 0.393 e. The molecule has 0 saturated heterocycles. The maximum atomic E-state index is 5.64. The molecule has 1 aliphatic carbocycles. The van der Waals surface area contributed by atoms with Gasteiger partial charge < -0.3 is 10.5 Å². The van der Waals surface area contributed by atoms with Gasteiger partial charge in [-0.3, -0.25) is 0 Å². The topological polar surface area (TPSA) is 35.2 Å². The first kappa shape index (κ1) is 12.9. The summed E-state index contributed by atoms with van der Waals surface area (Å²) in [6.07, 6.45) is 6.38. The fourth-order valence-corrected chi connectivity index (χ4v) is 1.69. The van der Waals surface area contributed by atoms with Crippen LogP contribution in [0.2, 0.25) is 0 Å². The molecular weight excluding hydrogens is 206 g/mol. The third-order valence-corrected chi connectivity index (χ3v) is 3.99. The molecule has 88 valence electrons. The molecule has 0 unspecified atom stereocenters. The second-order valence-electron chi connectivity index (χ2n) is 5.20. The Morgan fingerprint density at radius 3 is 2.53 bits per heavy atom. The zero-order valence-corrected chi connectivity index (χ0v) is 10.7. The van der Waals surface area contributed by atoms with Gasteiger partial charge in [0.1, 0.15) is 0 Å². The summed E-state index contributed by atoms with van der Waals surface area (Å²) in [6, 6.07) is 0. The molecule has 3 heteroatoms. The van der Waals surface area contributed by atoms with Crippen LogP contribution in [0, 0.1) is 11.3 Å². The third-order valence-electron chi connectivity index (χ3n) is 3.43. The quantitative estimate of drug-likeness (QED) is 0.538. The SMILES string of the molecule is CC(C)(CCOCCC1CCC1)C(N)=S. The Labute approximate surface area is 98.6 Å². The molecule has 0 aliphatic heterocycles. The van der Waals surface area contributed by atoms with Crippen molar-refractivity contribution in [3.05, 3.63) is 0 Å². The van der Waals surface area contributed by atoms with Crippen LogP contribution in [0.4, 0.5) is 0 Å². The molecule has 1 fully saturated rings. The maximum absolute atomic E-state index is 5.64. The lowest BCUT2D eigenvalue weighted by Gasteiger charge is -2.26. The summed E-state index contributed by atoms with van der Waals surface area (Å²) in [7, 11) is 0. The first-order valence-electron chi connectivity index (χ1n) is 5.90. The lowest BCUT2D eigenvalue weighted by atomic mass is 9.83. The Morgan fingerprint density at radius 1 is 1.40 bits per heavy atom. The lowest BCUT2D eigenvalue weighted by molar-refractivity contribution is 0.0936. The number of ether oxygens (including phenoxy) is 1. The Hall–Kier alpha value is -0.150. The average molecular weight is 229 g/mol. The Kier molecular flexibility index (Phi) is 5.00. The Bertz CT molecular complexity index is 212. The summed E-state index contributed by atoms with van der Waals surface area (Å²) < 4.78 is 5.61. The van der Waals surface area contributed by atoms with E-state index >= 15 is 0 Å². The standard InChI is InChI=1S/C12H23NOS/c1-12(2,11(13)15)7-9-14-8-6-10-4-3-5-10/h10H,3-9H2,1-2H3,(H2,13,15). The highest BCUT2D eigenvalue weighted by Crippen LogP contribution is 2.29. The van der Waals surface area contributed by atoms with Crippen LogP contribution in [-0.4, -0.2) is 18.2 Å². The predicted molar refractivity (Wildman–Crippen MR) is 68.0 cm³/mol. The van der Waals surface area contributed by atoms with E-state index in [1.54, 1.807) is 0 Å². The first-order chi connectivity index (χ1) is 7.02. The molecule has 0 radical (unpaired) electrons. The predicted octanol–water partition coefficient (Wildman–Crippen LogP) is 2.90. The highest BCUT2D eigenvalue weighted by molar-refractivity contribution is 7.80. The smallest absolute Gasteiger partial charge is 0.0785 e. The number of thiocarbonyl (C=S) groups is 1. The van der Waals surface area contributed by atoms with Crippen molar-refractivity contribution in [2.45, 2.75) is 46.0 Å². The van der Waals surface area contributed by atoms with Gasteiger partial charge in [-0.25, -0.2) is 0 Å². The maximum Gasteiger partial charge on any atom is 0.0785 e. The normalized spacial score (nSPS) is 17.5. The van der Waals surface area contributed by atoms with Crippen LogP contribution >= 0.6 is 12.2 Å². The van der Waals surface area contributed by atoms with Gasteiger partial charge in [-0.2, -0.15) is 0 Å². The van der Waals surface area contributed by atoms with Gasteiger partial charge >= 0.3 is 0 Å². The number of hydrogen-bond donors (Lipinski definition) is 1. The van der Waals surface area contributed by atoms with Gasteiger partial charge in [0.2, 0.25) is 0 Å². The molecule has 0 aromatic rings. The van der Waals surface area contributed by atoms with E-state index in [4.69, 9.17) is 22.7 Å². The van der Waals surface area contributed by atoms with Crippen LogP contribution in [0.1, 0.15) is 46.0 Å². The zero-order valence-electron chi connectivity index (χ0n) is 9.92.